The van der Waals surface area contributed by atoms with Gasteiger partial charge in [0.25, 0.3) is 0 Å². The Morgan fingerprint density at radius 3 is 2.36 bits per heavy atom. The van der Waals surface area contributed by atoms with Crippen LogP contribution in [0, 0.1) is 0 Å². The number of hydrogen-bond acceptors (Lipinski definition) is 7. The molecule has 0 spiro atoms. The van der Waals surface area contributed by atoms with Crippen molar-refractivity contribution in [3.05, 3.63) is 54.7 Å². The third kappa shape index (κ3) is 4.52. The number of aromatic nitrogens is 3. The minimum absolute atomic E-state index is 0.104. The molecule has 9 nitrogen and oxygen atoms in total. The van der Waals surface area contributed by atoms with Gasteiger partial charge in [-0.2, -0.15) is 0 Å². The van der Waals surface area contributed by atoms with Crippen molar-refractivity contribution >= 4 is 45.8 Å². The van der Waals surface area contributed by atoms with E-state index in [2.05, 4.69) is 15.6 Å². The van der Waals surface area contributed by atoms with Crippen LogP contribution in [0.15, 0.2) is 54.7 Å². The number of amides is 1. The molecule has 4 aromatic rings. The number of rotatable bonds is 7. The highest BCUT2D eigenvalue weighted by atomic mass is 16.5. The normalized spacial score (nSPS) is 10.7. The van der Waals surface area contributed by atoms with Gasteiger partial charge in [-0.3, -0.25) is 4.79 Å². The molecule has 2 heterocycles. The molecule has 2 N–H and O–H groups in total. The Balaban J connectivity index is 1.60. The van der Waals surface area contributed by atoms with Gasteiger partial charge in [0.05, 0.1) is 25.9 Å². The number of carbonyl (C=O) groups is 1. The quantitative estimate of drug-likeness (QED) is 0.433. The second kappa shape index (κ2) is 9.07. The summed E-state index contributed by atoms with van der Waals surface area (Å²) in [6, 6.07) is 15.1. The topological polar surface area (TPSA) is 93.5 Å². The molecule has 0 fully saturated rings. The zero-order valence-electron chi connectivity index (χ0n) is 19.2. The van der Waals surface area contributed by atoms with E-state index in [1.165, 1.54) is 6.92 Å². The lowest BCUT2D eigenvalue weighted by Gasteiger charge is -2.20. The fourth-order valence-corrected chi connectivity index (χ4v) is 3.59. The maximum Gasteiger partial charge on any atom is 0.221 e. The SMILES string of the molecule is COc1ccc(N(C)c2nc3cnc(Nc4ccc(NC(C)=O)cc4)cc3n2C)cc1OC. The molecule has 0 aliphatic heterocycles. The monoisotopic (exact) mass is 446 g/mol. The summed E-state index contributed by atoms with van der Waals surface area (Å²) in [6.07, 6.45) is 1.75. The van der Waals surface area contributed by atoms with Gasteiger partial charge in [-0.15, -0.1) is 0 Å². The molecule has 2 aromatic carbocycles. The van der Waals surface area contributed by atoms with Crippen molar-refractivity contribution in [2.45, 2.75) is 6.92 Å². The van der Waals surface area contributed by atoms with Gasteiger partial charge >= 0.3 is 0 Å². The Hall–Kier alpha value is -4.27. The van der Waals surface area contributed by atoms with Crippen LogP contribution in [0.4, 0.5) is 28.8 Å². The fraction of sp³-hybridized carbons (Fsp3) is 0.208. The lowest BCUT2D eigenvalue weighted by Crippen LogP contribution is -2.14. The maximum atomic E-state index is 11.2. The van der Waals surface area contributed by atoms with Crippen LogP contribution in [0.2, 0.25) is 0 Å². The van der Waals surface area contributed by atoms with Crippen molar-refractivity contribution in [3.63, 3.8) is 0 Å². The van der Waals surface area contributed by atoms with Crippen molar-refractivity contribution in [3.8, 4) is 11.5 Å². The smallest absolute Gasteiger partial charge is 0.221 e. The molecule has 0 bridgehead atoms. The van der Waals surface area contributed by atoms with Crippen LogP contribution in [0.1, 0.15) is 6.92 Å². The number of benzene rings is 2. The second-order valence-electron chi connectivity index (χ2n) is 7.51. The van der Waals surface area contributed by atoms with Crippen molar-refractivity contribution in [1.82, 2.24) is 14.5 Å². The minimum atomic E-state index is -0.104. The van der Waals surface area contributed by atoms with E-state index in [9.17, 15) is 4.79 Å². The lowest BCUT2D eigenvalue weighted by molar-refractivity contribution is -0.114. The van der Waals surface area contributed by atoms with Crippen LogP contribution in [-0.4, -0.2) is 41.7 Å². The molecule has 0 saturated carbocycles. The number of aryl methyl sites for hydroxylation is 1. The number of ether oxygens (including phenoxy) is 2. The maximum absolute atomic E-state index is 11.2. The molecule has 0 aliphatic rings. The molecular formula is C24H26N6O3. The zero-order chi connectivity index (χ0) is 23.5. The average molecular weight is 447 g/mol. The lowest BCUT2D eigenvalue weighted by atomic mass is 10.2. The van der Waals surface area contributed by atoms with E-state index in [0.29, 0.717) is 17.3 Å². The first-order chi connectivity index (χ1) is 15.9. The largest absolute Gasteiger partial charge is 0.493 e. The van der Waals surface area contributed by atoms with Gasteiger partial charge in [0, 0.05) is 50.2 Å². The van der Waals surface area contributed by atoms with Crippen LogP contribution in [0.3, 0.4) is 0 Å². The molecule has 0 atom stereocenters. The molecule has 170 valence electrons. The van der Waals surface area contributed by atoms with E-state index in [0.717, 1.165) is 34.0 Å². The van der Waals surface area contributed by atoms with Crippen LogP contribution in [0.25, 0.3) is 11.0 Å². The first-order valence-corrected chi connectivity index (χ1v) is 10.3. The summed E-state index contributed by atoms with van der Waals surface area (Å²) in [6.45, 7) is 1.48. The number of nitrogens with one attached hydrogen (secondary N) is 2. The molecule has 2 aromatic heterocycles. The van der Waals surface area contributed by atoms with E-state index in [1.54, 1.807) is 20.4 Å². The summed E-state index contributed by atoms with van der Waals surface area (Å²) >= 11 is 0. The summed E-state index contributed by atoms with van der Waals surface area (Å²) in [7, 11) is 7.15. The first-order valence-electron chi connectivity index (χ1n) is 10.3. The van der Waals surface area contributed by atoms with Gasteiger partial charge in [-0.05, 0) is 36.4 Å². The predicted molar refractivity (Wildman–Crippen MR) is 130 cm³/mol. The molecular weight excluding hydrogens is 420 g/mol. The van der Waals surface area contributed by atoms with Gasteiger partial charge in [-0.25, -0.2) is 9.97 Å². The number of fused-ring (bicyclic) bond motifs is 1. The van der Waals surface area contributed by atoms with Crippen LogP contribution in [-0.2, 0) is 11.8 Å². The van der Waals surface area contributed by atoms with E-state index < -0.39 is 0 Å². The Bertz CT molecular complexity index is 1300. The number of hydrogen-bond donors (Lipinski definition) is 2. The predicted octanol–water partition coefficient (Wildman–Crippen LogP) is 4.46. The molecule has 4 rings (SSSR count). The summed E-state index contributed by atoms with van der Waals surface area (Å²) in [4.78, 5) is 22.4. The third-order valence-electron chi connectivity index (χ3n) is 5.28. The molecule has 1 amide bonds. The third-order valence-corrected chi connectivity index (χ3v) is 5.28. The number of anilines is 5. The number of pyridine rings is 1. The Morgan fingerprint density at radius 2 is 1.70 bits per heavy atom. The van der Waals surface area contributed by atoms with E-state index >= 15 is 0 Å². The molecule has 0 unspecified atom stereocenters. The highest BCUT2D eigenvalue weighted by molar-refractivity contribution is 5.89. The van der Waals surface area contributed by atoms with Crippen molar-refractivity contribution < 1.29 is 14.3 Å². The molecule has 0 radical (unpaired) electrons. The van der Waals surface area contributed by atoms with Crippen LogP contribution < -0.4 is 25.0 Å². The molecule has 0 saturated heterocycles. The van der Waals surface area contributed by atoms with E-state index in [4.69, 9.17) is 14.5 Å². The number of carbonyl (C=O) groups excluding carboxylic acids is 1. The summed E-state index contributed by atoms with van der Waals surface area (Å²) in [5, 5.41) is 6.05. The number of nitrogens with zero attached hydrogens (tertiary/aromatic N) is 4. The van der Waals surface area contributed by atoms with E-state index in [1.807, 2.05) is 72.1 Å². The van der Waals surface area contributed by atoms with Gasteiger partial charge in [0.1, 0.15) is 11.3 Å². The van der Waals surface area contributed by atoms with Gasteiger partial charge in [-0.1, -0.05) is 0 Å². The Morgan fingerprint density at radius 1 is 1.00 bits per heavy atom. The van der Waals surface area contributed by atoms with Gasteiger partial charge in [0.2, 0.25) is 11.9 Å². The van der Waals surface area contributed by atoms with E-state index in [-0.39, 0.29) is 5.91 Å². The molecule has 9 heteroatoms. The number of methoxy groups -OCH3 is 2. The molecule has 0 aliphatic carbocycles. The summed E-state index contributed by atoms with van der Waals surface area (Å²) in [5.74, 6) is 2.67. The van der Waals surface area contributed by atoms with Gasteiger partial charge in [0.15, 0.2) is 11.5 Å². The van der Waals surface area contributed by atoms with Crippen molar-refractivity contribution in [2.24, 2.45) is 7.05 Å². The fourth-order valence-electron chi connectivity index (χ4n) is 3.59. The first kappa shape index (κ1) is 21.9. The van der Waals surface area contributed by atoms with Crippen LogP contribution >= 0.6 is 0 Å². The minimum Gasteiger partial charge on any atom is -0.493 e. The second-order valence-corrected chi connectivity index (χ2v) is 7.51. The van der Waals surface area contributed by atoms with Gasteiger partial charge < -0.3 is 29.6 Å². The summed E-state index contributed by atoms with van der Waals surface area (Å²) in [5.41, 5.74) is 4.24. The Kier molecular flexibility index (Phi) is 6.03. The summed E-state index contributed by atoms with van der Waals surface area (Å²) < 4.78 is 12.8. The van der Waals surface area contributed by atoms with Crippen molar-refractivity contribution in [2.75, 3.05) is 36.8 Å². The standard InChI is InChI=1S/C24H26N6O3/c1-15(31)26-16-6-8-17(9-7-16)27-23-13-20-19(14-25-23)28-24(30(20)3)29(2)18-10-11-21(32-4)22(12-18)33-5/h6-14H,1-5H3,(H,25,27)(H,26,31). The number of imidazole rings is 1. The Labute approximate surface area is 192 Å². The highest BCUT2D eigenvalue weighted by Crippen LogP contribution is 2.34. The van der Waals surface area contributed by atoms with Crippen LogP contribution in [0.5, 0.6) is 11.5 Å². The molecule has 33 heavy (non-hydrogen) atoms. The van der Waals surface area contributed by atoms with Crippen molar-refractivity contribution in [1.29, 1.82) is 0 Å². The zero-order valence-corrected chi connectivity index (χ0v) is 19.2. The average Bonchev–Trinajstić information content (AvgIpc) is 3.15. The highest BCUT2D eigenvalue weighted by Gasteiger charge is 2.16.